The number of aliphatic hydroxyl groups excluding tert-OH is 1. The summed E-state index contributed by atoms with van der Waals surface area (Å²) in [6.07, 6.45) is -10.1. The van der Waals surface area contributed by atoms with Gasteiger partial charge < -0.3 is 5.11 Å². The molecule has 0 spiro atoms. The summed E-state index contributed by atoms with van der Waals surface area (Å²) in [5, 5.41) is 9.70. The molecule has 0 saturated heterocycles. The number of fused-ring (bicyclic) bond motifs is 1. The highest BCUT2D eigenvalue weighted by atomic mass is 32.1. The van der Waals surface area contributed by atoms with Gasteiger partial charge in [-0.1, -0.05) is 12.1 Å². The fourth-order valence-corrected chi connectivity index (χ4v) is 3.75. The van der Waals surface area contributed by atoms with Crippen molar-refractivity contribution >= 4 is 21.4 Å². The van der Waals surface area contributed by atoms with Gasteiger partial charge in [0, 0.05) is 20.5 Å². The molecule has 0 aliphatic heterocycles. The zero-order chi connectivity index (χ0) is 20.0. The average Bonchev–Trinajstić information content (AvgIpc) is 2.59. The number of aliphatic hydroxyl groups is 1. The van der Waals surface area contributed by atoms with E-state index in [1.54, 1.807) is 12.1 Å². The Bertz CT molecular complexity index is 1030. The van der Waals surface area contributed by atoms with E-state index in [-0.39, 0.29) is 21.9 Å². The van der Waals surface area contributed by atoms with Gasteiger partial charge in [0.1, 0.15) is 0 Å². The Labute approximate surface area is 152 Å². The first-order chi connectivity index (χ1) is 12.5. The quantitative estimate of drug-likeness (QED) is 0.576. The summed E-state index contributed by atoms with van der Waals surface area (Å²) >= 11 is 0.937. The van der Waals surface area contributed by atoms with Crippen molar-refractivity contribution in [2.75, 3.05) is 0 Å². The molecular formula is C18H10F6O2S. The van der Waals surface area contributed by atoms with Gasteiger partial charge in [-0.3, -0.25) is 4.79 Å². The van der Waals surface area contributed by atoms with Crippen molar-refractivity contribution in [2.24, 2.45) is 0 Å². The van der Waals surface area contributed by atoms with Crippen LogP contribution in [0.1, 0.15) is 16.0 Å². The Morgan fingerprint density at radius 3 is 1.96 bits per heavy atom. The molecule has 0 aliphatic rings. The summed E-state index contributed by atoms with van der Waals surface area (Å²) in [4.78, 5) is 12.8. The van der Waals surface area contributed by atoms with Crippen molar-refractivity contribution < 1.29 is 31.4 Å². The van der Waals surface area contributed by atoms with E-state index in [4.69, 9.17) is 0 Å². The second kappa shape index (κ2) is 6.65. The van der Waals surface area contributed by atoms with Gasteiger partial charge >= 0.3 is 12.4 Å². The summed E-state index contributed by atoms with van der Waals surface area (Å²) in [5.74, 6) is 0. The molecular weight excluding hydrogens is 394 g/mol. The van der Waals surface area contributed by atoms with E-state index in [0.29, 0.717) is 16.8 Å². The highest BCUT2D eigenvalue weighted by molar-refractivity contribution is 7.18. The van der Waals surface area contributed by atoms with Crippen LogP contribution in [-0.2, 0) is 19.0 Å². The summed E-state index contributed by atoms with van der Waals surface area (Å²) < 4.78 is 79.0. The molecule has 0 aliphatic carbocycles. The molecule has 0 amide bonds. The van der Waals surface area contributed by atoms with Crippen LogP contribution in [0.25, 0.3) is 21.2 Å². The summed E-state index contributed by atoms with van der Waals surface area (Å²) in [7, 11) is 0. The standard InChI is InChI=1S/C18H10F6O2S/c19-17(20,21)10-5-9(6-11(7-10)18(22,23)24)15-14(8-25)27-13-4-2-1-3-12(13)16(15)26/h1-7,25H,8H2. The van der Waals surface area contributed by atoms with Crippen LogP contribution in [0.3, 0.4) is 0 Å². The van der Waals surface area contributed by atoms with Crippen LogP contribution in [-0.4, -0.2) is 5.11 Å². The summed E-state index contributed by atoms with van der Waals surface area (Å²) in [6.45, 7) is -0.697. The minimum atomic E-state index is -5.03. The Morgan fingerprint density at radius 1 is 0.889 bits per heavy atom. The second-order valence-corrected chi connectivity index (χ2v) is 6.81. The lowest BCUT2D eigenvalue weighted by Gasteiger charge is -2.15. The maximum Gasteiger partial charge on any atom is 0.416 e. The molecule has 1 N–H and O–H groups in total. The van der Waals surface area contributed by atoms with Crippen LogP contribution in [0, 0.1) is 0 Å². The first-order valence-electron chi connectivity index (χ1n) is 7.48. The van der Waals surface area contributed by atoms with Gasteiger partial charge in [-0.15, -0.1) is 11.3 Å². The third-order valence-corrected chi connectivity index (χ3v) is 5.05. The molecule has 0 radical (unpaired) electrons. The first-order valence-corrected chi connectivity index (χ1v) is 8.29. The minimum absolute atomic E-state index is 0.00291. The number of hydrogen-bond donors (Lipinski definition) is 1. The molecule has 0 unspecified atom stereocenters. The highest BCUT2D eigenvalue weighted by Gasteiger charge is 2.37. The average molecular weight is 404 g/mol. The predicted octanol–water partition coefficient (Wildman–Crippen LogP) is 5.46. The van der Waals surface area contributed by atoms with E-state index in [0.717, 1.165) is 11.3 Å². The number of benzene rings is 2. The van der Waals surface area contributed by atoms with Gasteiger partial charge in [0.2, 0.25) is 0 Å². The topological polar surface area (TPSA) is 37.3 Å². The molecule has 0 saturated carbocycles. The number of hydrogen-bond acceptors (Lipinski definition) is 3. The molecule has 2 nitrogen and oxygen atoms in total. The van der Waals surface area contributed by atoms with Crippen LogP contribution in [0.5, 0.6) is 0 Å². The SMILES string of the molecule is O=c1c(-c2cc(C(F)(F)F)cc(C(F)(F)F)c2)c(CO)sc2ccccc12. The molecule has 3 rings (SSSR count). The molecule has 142 valence electrons. The molecule has 27 heavy (non-hydrogen) atoms. The van der Waals surface area contributed by atoms with Crippen molar-refractivity contribution in [3.8, 4) is 11.1 Å². The lowest BCUT2D eigenvalue weighted by Crippen LogP contribution is -2.13. The molecule has 1 aromatic heterocycles. The second-order valence-electron chi connectivity index (χ2n) is 5.68. The lowest BCUT2D eigenvalue weighted by molar-refractivity contribution is -0.143. The van der Waals surface area contributed by atoms with Crippen LogP contribution in [0.4, 0.5) is 26.3 Å². The van der Waals surface area contributed by atoms with Gasteiger partial charge in [0.25, 0.3) is 0 Å². The Morgan fingerprint density at radius 2 is 1.44 bits per heavy atom. The van der Waals surface area contributed by atoms with E-state index >= 15 is 0 Å². The normalized spacial score (nSPS) is 12.6. The third kappa shape index (κ3) is 3.70. The van der Waals surface area contributed by atoms with Gasteiger partial charge in [0.15, 0.2) is 5.43 Å². The van der Waals surface area contributed by atoms with Crippen LogP contribution in [0.2, 0.25) is 0 Å². The third-order valence-electron chi connectivity index (χ3n) is 3.89. The Kier molecular flexibility index (Phi) is 4.77. The van der Waals surface area contributed by atoms with Crippen molar-refractivity contribution in [1.29, 1.82) is 0 Å². The van der Waals surface area contributed by atoms with Crippen molar-refractivity contribution in [2.45, 2.75) is 19.0 Å². The van der Waals surface area contributed by atoms with E-state index < -0.39 is 41.1 Å². The monoisotopic (exact) mass is 404 g/mol. The van der Waals surface area contributed by atoms with E-state index in [2.05, 4.69) is 0 Å². The predicted molar refractivity (Wildman–Crippen MR) is 89.5 cm³/mol. The van der Waals surface area contributed by atoms with E-state index in [1.165, 1.54) is 12.1 Å². The molecule has 0 atom stereocenters. The maximum absolute atomic E-state index is 13.1. The maximum atomic E-state index is 13.1. The van der Waals surface area contributed by atoms with Gasteiger partial charge in [-0.05, 0) is 35.9 Å². The lowest BCUT2D eigenvalue weighted by atomic mass is 9.98. The summed E-state index contributed by atoms with van der Waals surface area (Å²) in [5.41, 5.74) is -4.67. The van der Waals surface area contributed by atoms with Gasteiger partial charge in [-0.2, -0.15) is 26.3 Å². The Balaban J connectivity index is 2.40. The number of halogens is 6. The smallest absolute Gasteiger partial charge is 0.391 e. The van der Waals surface area contributed by atoms with E-state index in [9.17, 15) is 36.2 Å². The summed E-state index contributed by atoms with van der Waals surface area (Å²) in [6, 6.07) is 7.16. The Hall–Kier alpha value is -2.39. The fourth-order valence-electron chi connectivity index (χ4n) is 2.69. The van der Waals surface area contributed by atoms with Gasteiger partial charge in [-0.25, -0.2) is 0 Å². The van der Waals surface area contributed by atoms with Crippen molar-refractivity contribution in [3.05, 3.63) is 68.7 Å². The molecule has 0 bridgehead atoms. The highest BCUT2D eigenvalue weighted by Crippen LogP contribution is 2.39. The molecule has 9 heteroatoms. The zero-order valence-corrected chi connectivity index (χ0v) is 14.1. The molecule has 1 heterocycles. The first kappa shape index (κ1) is 19.4. The fraction of sp³-hybridized carbons (Fsp3) is 0.167. The van der Waals surface area contributed by atoms with Crippen LogP contribution in [0.15, 0.2) is 47.3 Å². The van der Waals surface area contributed by atoms with Crippen molar-refractivity contribution in [1.82, 2.24) is 0 Å². The van der Waals surface area contributed by atoms with Crippen LogP contribution < -0.4 is 5.43 Å². The number of alkyl halides is 6. The van der Waals surface area contributed by atoms with E-state index in [1.807, 2.05) is 0 Å². The molecule has 3 aromatic rings. The molecule has 2 aromatic carbocycles. The van der Waals surface area contributed by atoms with Gasteiger partial charge in [0.05, 0.1) is 17.7 Å². The van der Waals surface area contributed by atoms with Crippen LogP contribution >= 0.6 is 11.3 Å². The number of rotatable bonds is 2. The largest absolute Gasteiger partial charge is 0.416 e. The zero-order valence-electron chi connectivity index (χ0n) is 13.3. The minimum Gasteiger partial charge on any atom is -0.391 e. The molecule has 0 fully saturated rings. The van der Waals surface area contributed by atoms with Crippen molar-refractivity contribution in [3.63, 3.8) is 0 Å².